The number of aromatic nitrogens is 5. The lowest BCUT2D eigenvalue weighted by Crippen LogP contribution is -2.49. The lowest BCUT2D eigenvalue weighted by molar-refractivity contribution is 0.196. The van der Waals surface area contributed by atoms with Gasteiger partial charge in [-0.15, -0.1) is 5.10 Å². The first-order valence-electron chi connectivity index (χ1n) is 13.6. The molecular formula is C29H35N7O2. The zero-order valence-corrected chi connectivity index (χ0v) is 22.4. The van der Waals surface area contributed by atoms with Crippen molar-refractivity contribution in [3.8, 4) is 5.75 Å². The van der Waals surface area contributed by atoms with E-state index in [0.717, 1.165) is 61.5 Å². The number of pyridine rings is 1. The molecule has 198 valence electrons. The zero-order valence-electron chi connectivity index (χ0n) is 22.4. The summed E-state index contributed by atoms with van der Waals surface area (Å²) in [7, 11) is 1.65. The fourth-order valence-electron chi connectivity index (χ4n) is 6.10. The van der Waals surface area contributed by atoms with E-state index < -0.39 is 0 Å². The van der Waals surface area contributed by atoms with Gasteiger partial charge in [0.25, 0.3) is 5.56 Å². The SMILES string of the molecule is COc1ccc2[nH]c(=O)c([C@H](c3nnnn3C3CCCC3)N3CCN(c4cc(C)ccc4C)CC3)cc2c1. The number of tetrazole rings is 1. The Morgan fingerprint density at radius 3 is 2.55 bits per heavy atom. The molecule has 0 bridgehead atoms. The van der Waals surface area contributed by atoms with E-state index in [1.807, 2.05) is 28.9 Å². The highest BCUT2D eigenvalue weighted by molar-refractivity contribution is 5.80. The minimum Gasteiger partial charge on any atom is -0.497 e. The standard InChI is InChI=1S/C29H35N7O2/c1-19-8-9-20(2)26(16-19)34-12-14-35(15-13-34)27(28-31-32-33-36(28)22-6-4-5-7-22)24-18-21-17-23(38-3)10-11-25(21)30-29(24)37/h8-11,16-18,22,27H,4-7,12-15H2,1-3H3,(H,30,37)/t27-/m1/s1. The molecule has 1 saturated heterocycles. The highest BCUT2D eigenvalue weighted by Gasteiger charge is 2.35. The van der Waals surface area contributed by atoms with Gasteiger partial charge in [0, 0.05) is 48.3 Å². The van der Waals surface area contributed by atoms with Gasteiger partial charge in [-0.25, -0.2) is 4.68 Å². The molecule has 38 heavy (non-hydrogen) atoms. The van der Waals surface area contributed by atoms with Gasteiger partial charge in [0.15, 0.2) is 5.82 Å². The van der Waals surface area contributed by atoms with Crippen molar-refractivity contribution in [1.29, 1.82) is 0 Å². The Morgan fingerprint density at radius 1 is 1.00 bits per heavy atom. The number of H-pyrrole nitrogens is 1. The van der Waals surface area contributed by atoms with Crippen molar-refractivity contribution >= 4 is 16.6 Å². The number of nitrogens with one attached hydrogen (secondary N) is 1. The summed E-state index contributed by atoms with van der Waals surface area (Å²) in [6.07, 6.45) is 4.49. The van der Waals surface area contributed by atoms with Crippen LogP contribution in [0.1, 0.15) is 60.3 Å². The van der Waals surface area contributed by atoms with Crippen molar-refractivity contribution in [1.82, 2.24) is 30.1 Å². The highest BCUT2D eigenvalue weighted by atomic mass is 16.5. The maximum absolute atomic E-state index is 13.6. The summed E-state index contributed by atoms with van der Waals surface area (Å²) in [5.74, 6) is 1.51. The van der Waals surface area contributed by atoms with Crippen LogP contribution in [0.3, 0.4) is 0 Å². The minimum absolute atomic E-state index is 0.106. The Kier molecular flexibility index (Phi) is 6.61. The number of aryl methyl sites for hydroxylation is 2. The van der Waals surface area contributed by atoms with E-state index in [0.29, 0.717) is 5.56 Å². The van der Waals surface area contributed by atoms with Crippen molar-refractivity contribution in [3.63, 3.8) is 0 Å². The first kappa shape index (κ1) is 24.6. The van der Waals surface area contributed by atoms with E-state index in [1.165, 1.54) is 29.7 Å². The summed E-state index contributed by atoms with van der Waals surface area (Å²) < 4.78 is 7.45. The molecule has 0 amide bonds. The lowest BCUT2D eigenvalue weighted by atomic mass is 10.0. The first-order chi connectivity index (χ1) is 18.5. The number of hydrogen-bond acceptors (Lipinski definition) is 7. The van der Waals surface area contributed by atoms with E-state index in [9.17, 15) is 4.79 Å². The van der Waals surface area contributed by atoms with Gasteiger partial charge in [0.1, 0.15) is 11.8 Å². The third-order valence-electron chi connectivity index (χ3n) is 8.19. The topological polar surface area (TPSA) is 92.2 Å². The molecule has 1 aliphatic heterocycles. The Bertz CT molecular complexity index is 1500. The molecule has 2 aromatic heterocycles. The Hall–Kier alpha value is -3.72. The van der Waals surface area contributed by atoms with Crippen molar-refractivity contribution in [2.45, 2.75) is 51.6 Å². The second-order valence-electron chi connectivity index (χ2n) is 10.6. The molecule has 2 aromatic carbocycles. The first-order valence-corrected chi connectivity index (χ1v) is 13.6. The molecule has 4 aromatic rings. The Labute approximate surface area is 222 Å². The summed E-state index contributed by atoms with van der Waals surface area (Å²) in [5.41, 5.74) is 5.18. The minimum atomic E-state index is -0.342. The van der Waals surface area contributed by atoms with Crippen LogP contribution in [0.5, 0.6) is 5.75 Å². The van der Waals surface area contributed by atoms with Gasteiger partial charge in [-0.3, -0.25) is 9.69 Å². The van der Waals surface area contributed by atoms with Gasteiger partial charge in [-0.05, 0) is 78.6 Å². The van der Waals surface area contributed by atoms with Crippen LogP contribution >= 0.6 is 0 Å². The quantitative estimate of drug-likeness (QED) is 0.414. The molecule has 2 fully saturated rings. The second-order valence-corrected chi connectivity index (χ2v) is 10.6. The average molecular weight is 514 g/mol. The summed E-state index contributed by atoms with van der Waals surface area (Å²) in [5, 5.41) is 14.0. The summed E-state index contributed by atoms with van der Waals surface area (Å²) in [6, 6.07) is 14.3. The molecule has 1 N–H and O–H groups in total. The smallest absolute Gasteiger partial charge is 0.253 e. The number of fused-ring (bicyclic) bond motifs is 1. The molecule has 2 aliphatic rings. The van der Waals surface area contributed by atoms with E-state index in [4.69, 9.17) is 4.74 Å². The Morgan fingerprint density at radius 2 is 1.79 bits per heavy atom. The fourth-order valence-corrected chi connectivity index (χ4v) is 6.10. The van der Waals surface area contributed by atoms with Crippen LogP contribution in [0.15, 0.2) is 47.3 Å². The predicted octanol–water partition coefficient (Wildman–Crippen LogP) is 4.17. The molecule has 1 atom stereocenters. The van der Waals surface area contributed by atoms with Crippen LogP contribution in [-0.4, -0.2) is 63.4 Å². The van der Waals surface area contributed by atoms with Crippen LogP contribution in [-0.2, 0) is 0 Å². The highest BCUT2D eigenvalue weighted by Crippen LogP contribution is 2.35. The molecule has 0 radical (unpaired) electrons. The summed E-state index contributed by atoms with van der Waals surface area (Å²) in [4.78, 5) is 21.5. The molecule has 0 spiro atoms. The number of rotatable bonds is 6. The normalized spacial score (nSPS) is 17.8. The number of ether oxygens (including phenoxy) is 1. The van der Waals surface area contributed by atoms with Crippen LogP contribution < -0.4 is 15.2 Å². The third-order valence-corrected chi connectivity index (χ3v) is 8.19. The monoisotopic (exact) mass is 513 g/mol. The van der Waals surface area contributed by atoms with Crippen molar-refractivity contribution < 1.29 is 4.74 Å². The second kappa shape index (κ2) is 10.2. The Balaban J connectivity index is 1.39. The van der Waals surface area contributed by atoms with E-state index in [-0.39, 0.29) is 17.6 Å². The molecule has 6 rings (SSSR count). The van der Waals surface area contributed by atoms with Crippen LogP contribution in [0.25, 0.3) is 10.9 Å². The van der Waals surface area contributed by atoms with E-state index in [1.54, 1.807) is 7.11 Å². The number of methoxy groups -OCH3 is 1. The summed E-state index contributed by atoms with van der Waals surface area (Å²) >= 11 is 0. The van der Waals surface area contributed by atoms with Crippen LogP contribution in [0.2, 0.25) is 0 Å². The van der Waals surface area contributed by atoms with Gasteiger partial charge in [-0.2, -0.15) is 0 Å². The maximum Gasteiger partial charge on any atom is 0.253 e. The van der Waals surface area contributed by atoms with E-state index in [2.05, 4.69) is 62.4 Å². The zero-order chi connectivity index (χ0) is 26.2. The van der Waals surface area contributed by atoms with Crippen LogP contribution in [0, 0.1) is 13.8 Å². The molecule has 1 saturated carbocycles. The molecule has 1 aliphatic carbocycles. The number of aromatic amines is 1. The van der Waals surface area contributed by atoms with Gasteiger partial charge in [0.05, 0.1) is 13.2 Å². The molecule has 3 heterocycles. The molecular weight excluding hydrogens is 478 g/mol. The average Bonchev–Trinajstić information content (AvgIpc) is 3.63. The maximum atomic E-state index is 13.6. The molecule has 0 unspecified atom stereocenters. The number of benzene rings is 2. The van der Waals surface area contributed by atoms with Gasteiger partial charge in [-0.1, -0.05) is 25.0 Å². The van der Waals surface area contributed by atoms with Gasteiger partial charge >= 0.3 is 0 Å². The fraction of sp³-hybridized carbons (Fsp3) is 0.448. The third kappa shape index (κ3) is 4.55. The van der Waals surface area contributed by atoms with Crippen LogP contribution in [0.4, 0.5) is 5.69 Å². The van der Waals surface area contributed by atoms with E-state index >= 15 is 0 Å². The lowest BCUT2D eigenvalue weighted by Gasteiger charge is -2.40. The predicted molar refractivity (Wildman–Crippen MR) is 148 cm³/mol. The van der Waals surface area contributed by atoms with Gasteiger partial charge in [0.2, 0.25) is 0 Å². The van der Waals surface area contributed by atoms with Crippen molar-refractivity contribution in [3.05, 3.63) is 75.3 Å². The number of nitrogens with zero attached hydrogens (tertiary/aromatic N) is 6. The number of hydrogen-bond donors (Lipinski definition) is 1. The summed E-state index contributed by atoms with van der Waals surface area (Å²) in [6.45, 7) is 7.63. The van der Waals surface area contributed by atoms with Gasteiger partial charge < -0.3 is 14.6 Å². The van der Waals surface area contributed by atoms with Crippen molar-refractivity contribution in [2.24, 2.45) is 0 Å². The number of anilines is 1. The molecule has 9 nitrogen and oxygen atoms in total. The van der Waals surface area contributed by atoms with Crippen molar-refractivity contribution in [2.75, 3.05) is 38.2 Å². The number of piperazine rings is 1. The largest absolute Gasteiger partial charge is 0.497 e. The molecule has 9 heteroatoms.